The fraction of sp³-hybridized carbons (Fsp3) is 1.00. The van der Waals surface area contributed by atoms with Crippen LogP contribution in [0.25, 0.3) is 0 Å². The Morgan fingerprint density at radius 2 is 2.06 bits per heavy atom. The quantitative estimate of drug-likeness (QED) is 0.823. The molecular weight excluding hydrogens is 228 g/mol. The Kier molecular flexibility index (Phi) is 4.79. The molecule has 0 aromatic heterocycles. The van der Waals surface area contributed by atoms with Gasteiger partial charge in [0.25, 0.3) is 0 Å². The minimum atomic E-state index is 0.351. The van der Waals surface area contributed by atoms with Crippen molar-refractivity contribution in [3.8, 4) is 0 Å². The lowest BCUT2D eigenvalue weighted by Crippen LogP contribution is -2.50. The van der Waals surface area contributed by atoms with Crippen molar-refractivity contribution in [1.82, 2.24) is 4.90 Å². The van der Waals surface area contributed by atoms with Crippen molar-refractivity contribution >= 4 is 11.8 Å². The van der Waals surface area contributed by atoms with Gasteiger partial charge >= 0.3 is 0 Å². The first kappa shape index (κ1) is 13.7. The molecule has 1 saturated carbocycles. The van der Waals surface area contributed by atoms with Crippen molar-refractivity contribution in [2.45, 2.75) is 45.6 Å². The lowest BCUT2D eigenvalue weighted by molar-refractivity contribution is 0.105. The molecule has 0 amide bonds. The number of rotatable bonds is 2. The SMILES string of the molecule is CC1(C)CCCC(CN2CCCSCC2)C1N. The van der Waals surface area contributed by atoms with Crippen molar-refractivity contribution < 1.29 is 0 Å². The number of nitrogens with two attached hydrogens (primary N) is 1. The van der Waals surface area contributed by atoms with Crippen LogP contribution >= 0.6 is 11.8 Å². The second-order valence-corrected chi connectivity index (χ2v) is 7.66. The van der Waals surface area contributed by atoms with Crippen LogP contribution in [0.4, 0.5) is 0 Å². The molecule has 2 fully saturated rings. The van der Waals surface area contributed by atoms with Gasteiger partial charge in [0.15, 0.2) is 0 Å². The normalized spacial score (nSPS) is 35.5. The summed E-state index contributed by atoms with van der Waals surface area (Å²) in [6.07, 6.45) is 5.37. The average molecular weight is 256 g/mol. The van der Waals surface area contributed by atoms with Crippen molar-refractivity contribution in [2.24, 2.45) is 17.1 Å². The zero-order chi connectivity index (χ0) is 12.3. The second kappa shape index (κ2) is 5.94. The van der Waals surface area contributed by atoms with Gasteiger partial charge < -0.3 is 10.6 Å². The standard InChI is InChI=1S/C14H28N2S/c1-14(2)6-3-5-12(13(14)15)11-16-7-4-9-17-10-8-16/h12-13H,3-11,15H2,1-2H3. The van der Waals surface area contributed by atoms with Crippen LogP contribution < -0.4 is 5.73 Å². The molecule has 17 heavy (non-hydrogen) atoms. The van der Waals surface area contributed by atoms with E-state index >= 15 is 0 Å². The van der Waals surface area contributed by atoms with Gasteiger partial charge in [0.2, 0.25) is 0 Å². The Morgan fingerprint density at radius 3 is 2.88 bits per heavy atom. The maximum Gasteiger partial charge on any atom is 0.0131 e. The third kappa shape index (κ3) is 3.62. The molecule has 100 valence electrons. The number of hydrogen-bond acceptors (Lipinski definition) is 3. The van der Waals surface area contributed by atoms with Gasteiger partial charge in [0.05, 0.1) is 0 Å². The van der Waals surface area contributed by atoms with Gasteiger partial charge in [-0.3, -0.25) is 0 Å². The van der Waals surface area contributed by atoms with Gasteiger partial charge in [-0.2, -0.15) is 11.8 Å². The van der Waals surface area contributed by atoms with E-state index in [4.69, 9.17) is 5.73 Å². The van der Waals surface area contributed by atoms with E-state index in [1.165, 1.54) is 56.8 Å². The summed E-state index contributed by atoms with van der Waals surface area (Å²) < 4.78 is 0. The van der Waals surface area contributed by atoms with Crippen LogP contribution in [0.5, 0.6) is 0 Å². The van der Waals surface area contributed by atoms with Gasteiger partial charge in [-0.1, -0.05) is 20.3 Å². The smallest absolute Gasteiger partial charge is 0.0131 e. The van der Waals surface area contributed by atoms with E-state index < -0.39 is 0 Å². The molecule has 2 rings (SSSR count). The molecular formula is C14H28N2S. The van der Waals surface area contributed by atoms with Crippen LogP contribution in [0, 0.1) is 11.3 Å². The lowest BCUT2D eigenvalue weighted by Gasteiger charge is -2.43. The Bertz CT molecular complexity index is 234. The lowest BCUT2D eigenvalue weighted by atomic mass is 9.68. The maximum absolute atomic E-state index is 6.48. The summed E-state index contributed by atoms with van der Waals surface area (Å²) in [5.41, 5.74) is 6.83. The average Bonchev–Trinajstić information content (AvgIpc) is 2.53. The molecule has 2 atom stereocenters. The molecule has 1 saturated heterocycles. The summed E-state index contributed by atoms with van der Waals surface area (Å²) >= 11 is 2.11. The number of nitrogens with zero attached hydrogens (tertiary/aromatic N) is 1. The van der Waals surface area contributed by atoms with E-state index in [1.54, 1.807) is 0 Å². The molecule has 1 heterocycles. The van der Waals surface area contributed by atoms with Crippen LogP contribution in [0.2, 0.25) is 0 Å². The first-order valence-corrected chi connectivity index (χ1v) is 8.31. The van der Waals surface area contributed by atoms with Gasteiger partial charge in [-0.25, -0.2) is 0 Å². The zero-order valence-corrected chi connectivity index (χ0v) is 12.3. The Morgan fingerprint density at radius 1 is 1.24 bits per heavy atom. The molecule has 1 aliphatic carbocycles. The number of hydrogen-bond donors (Lipinski definition) is 1. The predicted molar refractivity (Wildman–Crippen MR) is 77.5 cm³/mol. The van der Waals surface area contributed by atoms with E-state index in [-0.39, 0.29) is 0 Å². The van der Waals surface area contributed by atoms with Crippen molar-refractivity contribution in [1.29, 1.82) is 0 Å². The van der Waals surface area contributed by atoms with E-state index in [0.29, 0.717) is 11.5 Å². The highest BCUT2D eigenvalue weighted by molar-refractivity contribution is 7.99. The predicted octanol–water partition coefficient (Wildman–Crippen LogP) is 2.58. The molecule has 0 aromatic rings. The molecule has 0 bridgehead atoms. The van der Waals surface area contributed by atoms with E-state index in [0.717, 1.165) is 5.92 Å². The summed E-state index contributed by atoms with van der Waals surface area (Å²) in [7, 11) is 0. The van der Waals surface area contributed by atoms with Crippen LogP contribution in [0.3, 0.4) is 0 Å². The fourth-order valence-corrected chi connectivity index (χ4v) is 4.25. The molecule has 1 aliphatic heterocycles. The van der Waals surface area contributed by atoms with Gasteiger partial charge in [0.1, 0.15) is 0 Å². The molecule has 2 nitrogen and oxygen atoms in total. The van der Waals surface area contributed by atoms with Crippen LogP contribution in [0.1, 0.15) is 39.5 Å². The summed E-state index contributed by atoms with van der Waals surface area (Å²) in [5.74, 6) is 3.38. The molecule has 0 spiro atoms. The molecule has 0 radical (unpaired) electrons. The molecule has 0 aromatic carbocycles. The van der Waals surface area contributed by atoms with Crippen molar-refractivity contribution in [3.05, 3.63) is 0 Å². The first-order valence-electron chi connectivity index (χ1n) is 7.15. The number of thioether (sulfide) groups is 1. The summed E-state index contributed by atoms with van der Waals surface area (Å²) in [5, 5.41) is 0. The minimum absolute atomic E-state index is 0.351. The molecule has 2 N–H and O–H groups in total. The Labute approximate surface area is 111 Å². The topological polar surface area (TPSA) is 29.3 Å². The van der Waals surface area contributed by atoms with Crippen molar-refractivity contribution in [2.75, 3.05) is 31.1 Å². The molecule has 2 aliphatic rings. The summed E-state index contributed by atoms with van der Waals surface area (Å²) in [4.78, 5) is 2.66. The zero-order valence-electron chi connectivity index (χ0n) is 11.5. The van der Waals surface area contributed by atoms with E-state index in [9.17, 15) is 0 Å². The minimum Gasteiger partial charge on any atom is -0.327 e. The van der Waals surface area contributed by atoms with Crippen LogP contribution in [0.15, 0.2) is 0 Å². The highest BCUT2D eigenvalue weighted by atomic mass is 32.2. The molecule has 2 unspecified atom stereocenters. The summed E-state index contributed by atoms with van der Waals surface area (Å²) in [6.45, 7) is 8.50. The fourth-order valence-electron chi connectivity index (χ4n) is 3.32. The first-order chi connectivity index (χ1) is 8.09. The summed E-state index contributed by atoms with van der Waals surface area (Å²) in [6, 6.07) is 0.396. The maximum atomic E-state index is 6.48. The van der Waals surface area contributed by atoms with Crippen LogP contribution in [-0.4, -0.2) is 42.1 Å². The largest absolute Gasteiger partial charge is 0.327 e. The van der Waals surface area contributed by atoms with Gasteiger partial charge in [-0.15, -0.1) is 0 Å². The van der Waals surface area contributed by atoms with Crippen molar-refractivity contribution in [3.63, 3.8) is 0 Å². The monoisotopic (exact) mass is 256 g/mol. The van der Waals surface area contributed by atoms with Crippen LogP contribution in [-0.2, 0) is 0 Å². The van der Waals surface area contributed by atoms with E-state index in [2.05, 4.69) is 30.5 Å². The second-order valence-electron chi connectivity index (χ2n) is 6.43. The highest BCUT2D eigenvalue weighted by Gasteiger charge is 2.36. The van der Waals surface area contributed by atoms with E-state index in [1.807, 2.05) is 0 Å². The Balaban J connectivity index is 1.88. The Hall–Kier alpha value is 0.270. The highest BCUT2D eigenvalue weighted by Crippen LogP contribution is 2.38. The van der Waals surface area contributed by atoms with Gasteiger partial charge in [-0.05, 0) is 42.9 Å². The molecule has 3 heteroatoms. The third-order valence-electron chi connectivity index (χ3n) is 4.61. The van der Waals surface area contributed by atoms with Gasteiger partial charge in [0, 0.05) is 24.9 Å². The third-order valence-corrected chi connectivity index (χ3v) is 5.66.